The lowest BCUT2D eigenvalue weighted by atomic mass is 9.76. The minimum Gasteiger partial charge on any atom is -0.444 e. The third-order valence-corrected chi connectivity index (χ3v) is 8.01. The highest BCUT2D eigenvalue weighted by Gasteiger charge is 2.37. The third kappa shape index (κ3) is 6.60. The maximum atomic E-state index is 14.2. The molecule has 1 aromatic carbocycles. The predicted octanol–water partition coefficient (Wildman–Crippen LogP) is 6.86. The lowest BCUT2D eigenvalue weighted by Crippen LogP contribution is -2.47. The number of carbonyl (C=O) groups is 1. The van der Waals surface area contributed by atoms with Crippen LogP contribution in [0.25, 0.3) is 22.2 Å². The number of aromatic amines is 1. The average Bonchev–Trinajstić information content (AvgIpc) is 3.32. The van der Waals surface area contributed by atoms with E-state index >= 15 is 0 Å². The largest absolute Gasteiger partial charge is 0.444 e. The Bertz CT molecular complexity index is 1400. The Morgan fingerprint density at radius 2 is 1.93 bits per heavy atom. The summed E-state index contributed by atoms with van der Waals surface area (Å²) in [6.07, 6.45) is 1.72. The quantitative estimate of drug-likeness (QED) is 0.315. The van der Waals surface area contributed by atoms with Crippen molar-refractivity contribution in [2.75, 3.05) is 18.4 Å². The molecule has 3 N–H and O–H groups in total. The first kappa shape index (κ1) is 29.2. The summed E-state index contributed by atoms with van der Waals surface area (Å²) in [5.41, 5.74) is -0.253. The molecule has 0 unspecified atom stereocenters. The molecule has 8 nitrogen and oxygen atoms in total. The number of para-hydroxylation sites is 1. The number of hydrogen-bond donors (Lipinski definition) is 3. The molecule has 1 aliphatic carbocycles. The molecule has 0 bridgehead atoms. The highest BCUT2D eigenvalue weighted by atomic mass is 19.4. The fourth-order valence-electron chi connectivity index (χ4n) is 5.90. The molecule has 1 atom stereocenters. The van der Waals surface area contributed by atoms with Crippen molar-refractivity contribution in [3.05, 3.63) is 41.7 Å². The smallest absolute Gasteiger partial charge is 0.419 e. The summed E-state index contributed by atoms with van der Waals surface area (Å²) >= 11 is 0. The second-order valence-electron chi connectivity index (χ2n) is 12.6. The number of ether oxygens (including phenoxy) is 1. The number of H-pyrrole nitrogens is 1. The van der Waals surface area contributed by atoms with Gasteiger partial charge >= 0.3 is 12.3 Å². The van der Waals surface area contributed by atoms with Crippen molar-refractivity contribution in [1.29, 1.82) is 0 Å². The molecule has 2 aliphatic rings. The van der Waals surface area contributed by atoms with E-state index in [1.165, 1.54) is 0 Å². The predicted molar refractivity (Wildman–Crippen MR) is 151 cm³/mol. The zero-order valence-electron chi connectivity index (χ0n) is 23.9. The molecular weight excluding hydrogens is 535 g/mol. The van der Waals surface area contributed by atoms with Crippen LogP contribution in [0.4, 0.5) is 23.9 Å². The Balaban J connectivity index is 1.44. The van der Waals surface area contributed by atoms with Crippen LogP contribution in [-0.4, -0.2) is 61.4 Å². The van der Waals surface area contributed by atoms with Gasteiger partial charge in [0.25, 0.3) is 0 Å². The number of piperidine rings is 1. The zero-order chi connectivity index (χ0) is 29.6. The number of benzene rings is 1. The average molecular weight is 574 g/mol. The molecule has 3 aromatic rings. The van der Waals surface area contributed by atoms with E-state index in [2.05, 4.69) is 20.3 Å². The summed E-state index contributed by atoms with van der Waals surface area (Å²) in [7, 11) is 0. The number of halogens is 3. The fraction of sp³-hybridized carbons (Fsp3) is 0.567. The highest BCUT2D eigenvalue weighted by molar-refractivity contribution is 5.97. The lowest BCUT2D eigenvalue weighted by molar-refractivity contribution is -0.137. The van der Waals surface area contributed by atoms with E-state index in [1.807, 2.05) is 19.1 Å². The summed E-state index contributed by atoms with van der Waals surface area (Å²) in [5, 5.41) is 14.2. The molecule has 2 aromatic heterocycles. The van der Waals surface area contributed by atoms with Gasteiger partial charge in [-0.3, -0.25) is 0 Å². The summed E-state index contributed by atoms with van der Waals surface area (Å²) in [6, 6.07) is 5.44. The van der Waals surface area contributed by atoms with Gasteiger partial charge in [0.05, 0.1) is 11.3 Å². The van der Waals surface area contributed by atoms with Crippen LogP contribution < -0.4 is 5.32 Å². The van der Waals surface area contributed by atoms with E-state index in [-0.39, 0.29) is 23.6 Å². The number of aromatic nitrogens is 3. The van der Waals surface area contributed by atoms with Crippen LogP contribution in [0.1, 0.15) is 83.3 Å². The molecular formula is C30H38F3N5O3. The Morgan fingerprint density at radius 1 is 1.20 bits per heavy atom. The van der Waals surface area contributed by atoms with Gasteiger partial charge in [-0.05, 0) is 77.7 Å². The number of rotatable bonds is 4. The van der Waals surface area contributed by atoms with Crippen LogP contribution in [0.5, 0.6) is 0 Å². The first-order chi connectivity index (χ1) is 19.2. The SMILES string of the molecule is CC1(O)CCC(c2cccc3c(-c4nc(N[C@H]5CCCN(C(=O)OC(C)(C)C)C5)ncc4C(F)(F)F)c[nH]c23)CC1. The van der Waals surface area contributed by atoms with Crippen LogP contribution in [0, 0.1) is 0 Å². The van der Waals surface area contributed by atoms with E-state index in [4.69, 9.17) is 4.74 Å². The first-order valence-electron chi connectivity index (χ1n) is 14.2. The van der Waals surface area contributed by atoms with Crippen LogP contribution in [0.3, 0.4) is 0 Å². The van der Waals surface area contributed by atoms with Crippen molar-refractivity contribution in [1.82, 2.24) is 19.9 Å². The maximum absolute atomic E-state index is 14.2. The molecule has 1 aliphatic heterocycles. The first-order valence-corrected chi connectivity index (χ1v) is 14.2. The van der Waals surface area contributed by atoms with Crippen LogP contribution >= 0.6 is 0 Å². The number of amides is 1. The molecule has 0 spiro atoms. The third-order valence-electron chi connectivity index (χ3n) is 8.01. The number of fused-ring (bicyclic) bond motifs is 1. The highest BCUT2D eigenvalue weighted by Crippen LogP contribution is 2.43. The zero-order valence-corrected chi connectivity index (χ0v) is 23.9. The standard InChI is InChI=1S/C30H38F3N5O3/c1-28(2,3)41-27(39)38-14-6-7-19(17-38)36-26-35-16-23(30(31,32)33)25(37-26)22-15-34-24-20(8-5-9-21(22)24)18-10-12-29(4,40)13-11-18/h5,8-9,15-16,18-19,34,40H,6-7,10-14,17H2,1-4H3,(H,35,36,37)/t18?,19-,29?/m0/s1. The van der Waals surface area contributed by atoms with Crippen molar-refractivity contribution in [3.63, 3.8) is 0 Å². The van der Waals surface area contributed by atoms with Crippen LogP contribution in [0.2, 0.25) is 0 Å². The fourth-order valence-corrected chi connectivity index (χ4v) is 5.90. The van der Waals surface area contributed by atoms with E-state index in [1.54, 1.807) is 37.9 Å². The number of nitrogens with zero attached hydrogens (tertiary/aromatic N) is 3. The van der Waals surface area contributed by atoms with Gasteiger partial charge in [0, 0.05) is 48.0 Å². The number of nitrogens with one attached hydrogen (secondary N) is 2. The van der Waals surface area contributed by atoms with E-state index in [9.17, 15) is 23.1 Å². The van der Waals surface area contributed by atoms with Crippen molar-refractivity contribution in [2.45, 2.75) is 95.6 Å². The van der Waals surface area contributed by atoms with E-state index in [0.717, 1.165) is 30.1 Å². The molecule has 2 fully saturated rings. The molecule has 222 valence electrons. The molecule has 41 heavy (non-hydrogen) atoms. The van der Waals surface area contributed by atoms with Gasteiger partial charge in [0.1, 0.15) is 11.2 Å². The summed E-state index contributed by atoms with van der Waals surface area (Å²) in [4.78, 5) is 25.8. The number of carbonyl (C=O) groups excluding carboxylic acids is 1. The molecule has 1 saturated carbocycles. The van der Waals surface area contributed by atoms with Gasteiger partial charge in [-0.25, -0.2) is 14.8 Å². The minimum absolute atomic E-state index is 0.0732. The minimum atomic E-state index is -4.65. The van der Waals surface area contributed by atoms with E-state index < -0.39 is 29.0 Å². The van der Waals surface area contributed by atoms with Gasteiger partial charge in [0.2, 0.25) is 5.95 Å². The van der Waals surface area contributed by atoms with Gasteiger partial charge < -0.3 is 25.0 Å². The van der Waals surface area contributed by atoms with Crippen molar-refractivity contribution in [3.8, 4) is 11.3 Å². The number of hydrogen-bond acceptors (Lipinski definition) is 6. The van der Waals surface area contributed by atoms with Gasteiger partial charge in [-0.2, -0.15) is 13.2 Å². The summed E-state index contributed by atoms with van der Waals surface area (Å²) < 4.78 is 48.0. The number of aliphatic hydroxyl groups is 1. The van der Waals surface area contributed by atoms with Gasteiger partial charge in [-0.15, -0.1) is 0 Å². The molecule has 3 heterocycles. The lowest BCUT2D eigenvalue weighted by Gasteiger charge is -2.34. The normalized spacial score (nSPS) is 24.0. The molecule has 11 heteroatoms. The molecule has 5 rings (SSSR count). The van der Waals surface area contributed by atoms with Crippen LogP contribution in [0.15, 0.2) is 30.6 Å². The van der Waals surface area contributed by atoms with Gasteiger partial charge in [-0.1, -0.05) is 18.2 Å². The van der Waals surface area contributed by atoms with Crippen LogP contribution in [-0.2, 0) is 10.9 Å². The topological polar surface area (TPSA) is 103 Å². The molecule has 0 radical (unpaired) electrons. The van der Waals surface area contributed by atoms with Crippen molar-refractivity contribution in [2.24, 2.45) is 0 Å². The second kappa shape index (κ2) is 10.8. The summed E-state index contributed by atoms with van der Waals surface area (Å²) in [6.45, 7) is 8.13. The Morgan fingerprint density at radius 3 is 2.61 bits per heavy atom. The number of alkyl halides is 3. The number of likely N-dealkylation sites (tertiary alicyclic amines) is 1. The Labute approximate surface area is 237 Å². The maximum Gasteiger partial charge on any atom is 0.419 e. The second-order valence-corrected chi connectivity index (χ2v) is 12.6. The number of anilines is 1. The monoisotopic (exact) mass is 573 g/mol. The Kier molecular flexibility index (Phi) is 7.69. The Hall–Kier alpha value is -3.34. The van der Waals surface area contributed by atoms with Crippen molar-refractivity contribution < 1.29 is 27.8 Å². The molecule has 1 saturated heterocycles. The molecule has 1 amide bonds. The van der Waals surface area contributed by atoms with E-state index in [0.29, 0.717) is 49.7 Å². The van der Waals surface area contributed by atoms with Gasteiger partial charge in [0.15, 0.2) is 0 Å². The summed E-state index contributed by atoms with van der Waals surface area (Å²) in [5.74, 6) is 0.276. The van der Waals surface area contributed by atoms with Crippen molar-refractivity contribution >= 4 is 22.9 Å².